The molecule has 0 saturated carbocycles. The lowest BCUT2D eigenvalue weighted by Gasteiger charge is -2.14. The fourth-order valence-corrected chi connectivity index (χ4v) is 4.37. The van der Waals surface area contributed by atoms with Gasteiger partial charge in [-0.25, -0.2) is 4.98 Å². The molecule has 0 unspecified atom stereocenters. The molecule has 146 valence electrons. The van der Waals surface area contributed by atoms with E-state index >= 15 is 0 Å². The molecule has 0 spiro atoms. The van der Waals surface area contributed by atoms with Crippen LogP contribution in [0.15, 0.2) is 76.7 Å². The smallest absolute Gasteiger partial charge is 0.262 e. The number of hydrogen-bond acceptors (Lipinski definition) is 3. The van der Waals surface area contributed by atoms with Crippen LogP contribution in [0.2, 0.25) is 5.02 Å². The Morgan fingerprint density at radius 2 is 1.72 bits per heavy atom. The molecule has 0 saturated heterocycles. The van der Waals surface area contributed by atoms with Gasteiger partial charge in [-0.1, -0.05) is 71.9 Å². The number of para-hydroxylation sites is 1. The first kappa shape index (κ1) is 19.7. The van der Waals surface area contributed by atoms with E-state index in [9.17, 15) is 4.79 Å². The standard InChI is InChI=1S/C24H21ClN2OS/c1-16-11-12-18(13-17(16)2)15-29-24-26-22-10-6-4-8-20(22)23(28)27(24)14-19-7-3-5-9-21(19)25/h3-13H,14-15H2,1-2H3. The first-order valence-corrected chi connectivity index (χ1v) is 10.8. The Labute approximate surface area is 179 Å². The van der Waals surface area contributed by atoms with Gasteiger partial charge in [-0.3, -0.25) is 9.36 Å². The van der Waals surface area contributed by atoms with Crippen molar-refractivity contribution < 1.29 is 0 Å². The molecule has 5 heteroatoms. The summed E-state index contributed by atoms with van der Waals surface area (Å²) in [5.74, 6) is 0.744. The lowest BCUT2D eigenvalue weighted by Crippen LogP contribution is -2.24. The van der Waals surface area contributed by atoms with Gasteiger partial charge in [-0.15, -0.1) is 0 Å². The molecule has 29 heavy (non-hydrogen) atoms. The Morgan fingerprint density at radius 1 is 0.966 bits per heavy atom. The minimum Gasteiger partial charge on any atom is -0.283 e. The molecule has 0 bridgehead atoms. The molecule has 4 aromatic rings. The maximum atomic E-state index is 13.2. The van der Waals surface area contributed by atoms with E-state index in [4.69, 9.17) is 16.6 Å². The van der Waals surface area contributed by atoms with Crippen LogP contribution in [0.1, 0.15) is 22.3 Å². The summed E-state index contributed by atoms with van der Waals surface area (Å²) in [7, 11) is 0. The predicted molar refractivity (Wildman–Crippen MR) is 122 cm³/mol. The highest BCUT2D eigenvalue weighted by Gasteiger charge is 2.13. The van der Waals surface area contributed by atoms with Gasteiger partial charge in [0.1, 0.15) is 0 Å². The summed E-state index contributed by atoms with van der Waals surface area (Å²) in [5, 5.41) is 1.97. The molecule has 0 N–H and O–H groups in total. The third kappa shape index (κ3) is 4.24. The minimum atomic E-state index is -0.0434. The minimum absolute atomic E-state index is 0.0434. The summed E-state index contributed by atoms with van der Waals surface area (Å²) in [4.78, 5) is 18.0. The molecule has 3 aromatic carbocycles. The normalized spacial score (nSPS) is 11.1. The number of fused-ring (bicyclic) bond motifs is 1. The molecule has 3 nitrogen and oxygen atoms in total. The molecule has 0 radical (unpaired) electrons. The number of nitrogens with zero attached hydrogens (tertiary/aromatic N) is 2. The highest BCUT2D eigenvalue weighted by molar-refractivity contribution is 7.98. The van der Waals surface area contributed by atoms with Crippen molar-refractivity contribution in [1.82, 2.24) is 9.55 Å². The summed E-state index contributed by atoms with van der Waals surface area (Å²) in [6.07, 6.45) is 0. The van der Waals surface area contributed by atoms with Crippen LogP contribution in [-0.2, 0) is 12.3 Å². The van der Waals surface area contributed by atoms with Gasteiger partial charge in [-0.05, 0) is 54.3 Å². The van der Waals surface area contributed by atoms with E-state index in [2.05, 4.69) is 32.0 Å². The van der Waals surface area contributed by atoms with Crippen LogP contribution in [0.4, 0.5) is 0 Å². The SMILES string of the molecule is Cc1ccc(CSc2nc3ccccc3c(=O)n2Cc2ccccc2Cl)cc1C. The van der Waals surface area contributed by atoms with E-state index in [0.29, 0.717) is 22.1 Å². The van der Waals surface area contributed by atoms with Gasteiger partial charge in [0.15, 0.2) is 5.16 Å². The number of thioether (sulfide) groups is 1. The zero-order chi connectivity index (χ0) is 20.4. The molecular weight excluding hydrogens is 400 g/mol. The van der Waals surface area contributed by atoms with Crippen molar-refractivity contribution in [2.75, 3.05) is 0 Å². The Kier molecular flexibility index (Phi) is 5.74. The Bertz CT molecular complexity index is 1250. The van der Waals surface area contributed by atoms with Crippen LogP contribution in [-0.4, -0.2) is 9.55 Å². The lowest BCUT2D eigenvalue weighted by atomic mass is 10.1. The summed E-state index contributed by atoms with van der Waals surface area (Å²) in [5.41, 5.74) is 5.33. The fraction of sp³-hybridized carbons (Fsp3) is 0.167. The van der Waals surface area contributed by atoms with Gasteiger partial charge >= 0.3 is 0 Å². The summed E-state index contributed by atoms with van der Waals surface area (Å²) in [6, 6.07) is 21.6. The quantitative estimate of drug-likeness (QED) is 0.293. The van der Waals surface area contributed by atoms with Crippen molar-refractivity contribution in [3.63, 3.8) is 0 Å². The first-order valence-electron chi connectivity index (χ1n) is 9.45. The number of rotatable bonds is 5. The fourth-order valence-electron chi connectivity index (χ4n) is 3.24. The zero-order valence-electron chi connectivity index (χ0n) is 16.4. The van der Waals surface area contributed by atoms with E-state index in [1.54, 1.807) is 16.3 Å². The second-order valence-corrected chi connectivity index (χ2v) is 8.45. The summed E-state index contributed by atoms with van der Waals surface area (Å²) in [6.45, 7) is 4.62. The van der Waals surface area contributed by atoms with Crippen LogP contribution < -0.4 is 5.56 Å². The maximum absolute atomic E-state index is 13.2. The second-order valence-electron chi connectivity index (χ2n) is 7.10. The largest absolute Gasteiger partial charge is 0.283 e. The monoisotopic (exact) mass is 420 g/mol. The predicted octanol–water partition coefficient (Wildman–Crippen LogP) is 6.01. The zero-order valence-corrected chi connectivity index (χ0v) is 17.9. The number of halogens is 1. The van der Waals surface area contributed by atoms with E-state index < -0.39 is 0 Å². The summed E-state index contributed by atoms with van der Waals surface area (Å²) < 4.78 is 1.73. The van der Waals surface area contributed by atoms with Crippen LogP contribution in [0.3, 0.4) is 0 Å². The lowest BCUT2D eigenvalue weighted by molar-refractivity contribution is 0.658. The van der Waals surface area contributed by atoms with Crippen molar-refractivity contribution >= 4 is 34.3 Å². The summed E-state index contributed by atoms with van der Waals surface area (Å²) >= 11 is 7.94. The van der Waals surface area contributed by atoms with E-state index in [1.165, 1.54) is 16.7 Å². The van der Waals surface area contributed by atoms with Crippen molar-refractivity contribution in [1.29, 1.82) is 0 Å². The third-order valence-corrected chi connectivity index (χ3v) is 6.47. The highest BCUT2D eigenvalue weighted by Crippen LogP contribution is 2.25. The van der Waals surface area contributed by atoms with Gasteiger partial charge in [0.2, 0.25) is 0 Å². The number of aryl methyl sites for hydroxylation is 2. The van der Waals surface area contributed by atoms with E-state index in [1.807, 2.05) is 48.5 Å². The van der Waals surface area contributed by atoms with Gasteiger partial charge in [0.05, 0.1) is 17.4 Å². The number of benzene rings is 3. The van der Waals surface area contributed by atoms with Gasteiger partial charge in [0, 0.05) is 10.8 Å². The molecule has 0 aliphatic heterocycles. The molecule has 1 heterocycles. The topological polar surface area (TPSA) is 34.9 Å². The van der Waals surface area contributed by atoms with Crippen molar-refractivity contribution in [3.05, 3.63) is 104 Å². The molecular formula is C24H21ClN2OS. The average Bonchev–Trinajstić information content (AvgIpc) is 2.72. The maximum Gasteiger partial charge on any atom is 0.262 e. The first-order chi connectivity index (χ1) is 14.0. The second kappa shape index (κ2) is 8.44. The van der Waals surface area contributed by atoms with Crippen molar-refractivity contribution in [2.24, 2.45) is 0 Å². The third-order valence-electron chi connectivity index (χ3n) is 5.05. The van der Waals surface area contributed by atoms with Gasteiger partial charge in [-0.2, -0.15) is 0 Å². The molecule has 0 amide bonds. The van der Waals surface area contributed by atoms with E-state index in [-0.39, 0.29) is 5.56 Å². The Balaban J connectivity index is 1.75. The average molecular weight is 421 g/mol. The Hall–Kier alpha value is -2.56. The van der Waals surface area contributed by atoms with Crippen LogP contribution in [0.25, 0.3) is 10.9 Å². The molecule has 0 fully saturated rings. The Morgan fingerprint density at radius 3 is 2.52 bits per heavy atom. The molecule has 0 atom stereocenters. The highest BCUT2D eigenvalue weighted by atomic mass is 35.5. The molecule has 0 aliphatic rings. The number of hydrogen-bond donors (Lipinski definition) is 0. The van der Waals surface area contributed by atoms with Crippen molar-refractivity contribution in [3.8, 4) is 0 Å². The van der Waals surface area contributed by atoms with Gasteiger partial charge in [0.25, 0.3) is 5.56 Å². The van der Waals surface area contributed by atoms with Crippen LogP contribution in [0.5, 0.6) is 0 Å². The van der Waals surface area contributed by atoms with Crippen LogP contribution in [0, 0.1) is 13.8 Å². The molecule has 0 aliphatic carbocycles. The van der Waals surface area contributed by atoms with Gasteiger partial charge < -0.3 is 0 Å². The molecule has 4 rings (SSSR count). The number of aromatic nitrogens is 2. The van der Waals surface area contributed by atoms with E-state index in [0.717, 1.165) is 16.8 Å². The van der Waals surface area contributed by atoms with Crippen LogP contribution >= 0.6 is 23.4 Å². The van der Waals surface area contributed by atoms with Crippen molar-refractivity contribution in [2.45, 2.75) is 31.3 Å². The molecule has 1 aromatic heterocycles.